The number of para-hydroxylation sites is 1. The van der Waals surface area contributed by atoms with Gasteiger partial charge in [-0.05, 0) is 18.9 Å². The highest BCUT2D eigenvalue weighted by atomic mass is 19.1. The minimum atomic E-state index is -1.34. The lowest BCUT2D eigenvalue weighted by atomic mass is 9.94. The summed E-state index contributed by atoms with van der Waals surface area (Å²) in [6, 6.07) is 4.29. The number of rotatable bonds is 2. The van der Waals surface area contributed by atoms with Crippen molar-refractivity contribution < 1.29 is 24.2 Å². The Hall–Kier alpha value is -2.68. The SMILES string of the molecule is C[N+]1(N2CCCC(O)C2)C=C(C(=O)O)C(=O)c2c1cnc1c(F)cccc21. The van der Waals surface area contributed by atoms with Crippen molar-refractivity contribution in [2.24, 2.45) is 0 Å². The second-order valence-corrected chi connectivity index (χ2v) is 7.07. The zero-order valence-corrected chi connectivity index (χ0v) is 14.7. The highest BCUT2D eigenvalue weighted by molar-refractivity contribution is 6.30. The van der Waals surface area contributed by atoms with Gasteiger partial charge < -0.3 is 10.2 Å². The number of hydrogen-bond acceptors (Lipinski definition) is 5. The highest BCUT2D eigenvalue weighted by Crippen LogP contribution is 2.40. The first kappa shape index (κ1) is 17.7. The Bertz CT molecular complexity index is 1010. The van der Waals surface area contributed by atoms with Crippen LogP contribution in [0.4, 0.5) is 10.1 Å². The van der Waals surface area contributed by atoms with E-state index < -0.39 is 23.7 Å². The van der Waals surface area contributed by atoms with Gasteiger partial charge in [0.05, 0.1) is 31.5 Å². The topological polar surface area (TPSA) is 90.7 Å². The number of β-amino-alcohol motifs (C(OH)–C–C–N with tert-alkyl or cyclic N) is 1. The molecule has 1 aromatic carbocycles. The summed E-state index contributed by atoms with van der Waals surface area (Å²) >= 11 is 0. The molecule has 1 fully saturated rings. The van der Waals surface area contributed by atoms with Crippen molar-refractivity contribution in [1.29, 1.82) is 0 Å². The third kappa shape index (κ3) is 2.64. The monoisotopic (exact) mass is 372 g/mol. The average molecular weight is 372 g/mol. The Labute approximate surface area is 154 Å². The molecule has 0 amide bonds. The van der Waals surface area contributed by atoms with Gasteiger partial charge in [-0.1, -0.05) is 12.1 Å². The number of benzene rings is 1. The Morgan fingerprint density at radius 2 is 2.19 bits per heavy atom. The summed E-state index contributed by atoms with van der Waals surface area (Å²) in [5, 5.41) is 21.9. The molecular formula is C19H19FN3O4+. The number of aliphatic carboxylic acids is 1. The maximum atomic E-state index is 14.2. The molecule has 7 nitrogen and oxygen atoms in total. The van der Waals surface area contributed by atoms with Crippen molar-refractivity contribution in [2.45, 2.75) is 18.9 Å². The van der Waals surface area contributed by atoms with Crippen molar-refractivity contribution in [1.82, 2.24) is 14.6 Å². The van der Waals surface area contributed by atoms with Crippen LogP contribution in [0.25, 0.3) is 10.9 Å². The van der Waals surface area contributed by atoms with Crippen LogP contribution in [0.1, 0.15) is 23.2 Å². The summed E-state index contributed by atoms with van der Waals surface area (Å²) in [6.07, 6.45) is 3.66. The van der Waals surface area contributed by atoms with Crippen LogP contribution in [0.15, 0.2) is 36.2 Å². The maximum absolute atomic E-state index is 14.2. The number of carboxylic acid groups (broad SMARTS) is 1. The van der Waals surface area contributed by atoms with Gasteiger partial charge in [0.15, 0.2) is 11.3 Å². The summed E-state index contributed by atoms with van der Waals surface area (Å²) in [7, 11) is 1.75. The van der Waals surface area contributed by atoms with Gasteiger partial charge in [0.2, 0.25) is 5.78 Å². The normalized spacial score (nSPS) is 26.0. The lowest BCUT2D eigenvalue weighted by Gasteiger charge is -2.44. The number of ketones is 1. The van der Waals surface area contributed by atoms with Gasteiger partial charge in [-0.2, -0.15) is 4.59 Å². The quantitative estimate of drug-likeness (QED) is 0.618. The number of carboxylic acids is 1. The van der Waals surface area contributed by atoms with Gasteiger partial charge in [0.1, 0.15) is 17.5 Å². The Morgan fingerprint density at radius 1 is 1.41 bits per heavy atom. The number of aromatic nitrogens is 1. The number of pyridine rings is 1. The number of Topliss-reactive ketones (excluding diaryl/α,β-unsaturated/α-hetero) is 1. The predicted molar refractivity (Wildman–Crippen MR) is 96.3 cm³/mol. The van der Waals surface area contributed by atoms with Crippen molar-refractivity contribution in [3.05, 3.63) is 47.5 Å². The molecular weight excluding hydrogens is 353 g/mol. The van der Waals surface area contributed by atoms with E-state index in [-0.39, 0.29) is 26.6 Å². The number of carbonyl (C=O) groups excluding carboxylic acids is 1. The molecule has 27 heavy (non-hydrogen) atoms. The van der Waals surface area contributed by atoms with E-state index in [2.05, 4.69) is 4.98 Å². The van der Waals surface area contributed by atoms with Gasteiger partial charge in [-0.15, -0.1) is 5.01 Å². The molecule has 1 aromatic heterocycles. The molecule has 2 N–H and O–H groups in total. The second kappa shape index (κ2) is 6.19. The fourth-order valence-corrected chi connectivity index (χ4v) is 3.97. The van der Waals surface area contributed by atoms with Crippen LogP contribution in [0.5, 0.6) is 0 Å². The first-order chi connectivity index (χ1) is 12.8. The van der Waals surface area contributed by atoms with Crippen molar-refractivity contribution >= 4 is 28.3 Å². The number of quaternary nitrogens is 1. The molecule has 0 spiro atoms. The number of halogens is 1. The summed E-state index contributed by atoms with van der Waals surface area (Å²) in [5.74, 6) is -2.57. The molecule has 2 atom stereocenters. The minimum Gasteiger partial charge on any atom is -0.477 e. The predicted octanol–water partition coefficient (Wildman–Crippen LogP) is 1.85. The fraction of sp³-hybridized carbons (Fsp3) is 0.316. The van der Waals surface area contributed by atoms with Crippen molar-refractivity contribution in [3.8, 4) is 0 Å². The number of piperidine rings is 1. The molecule has 0 radical (unpaired) electrons. The van der Waals surface area contributed by atoms with E-state index in [0.717, 1.165) is 6.42 Å². The van der Waals surface area contributed by atoms with Gasteiger partial charge in [0.25, 0.3) is 0 Å². The Morgan fingerprint density at radius 3 is 2.89 bits per heavy atom. The maximum Gasteiger partial charge on any atom is 0.345 e. The third-order valence-electron chi connectivity index (χ3n) is 5.36. The Balaban J connectivity index is 2.01. The van der Waals surface area contributed by atoms with E-state index in [1.807, 2.05) is 5.01 Å². The molecule has 0 saturated carbocycles. The zero-order valence-electron chi connectivity index (χ0n) is 14.7. The van der Waals surface area contributed by atoms with Crippen molar-refractivity contribution in [3.63, 3.8) is 0 Å². The van der Waals surface area contributed by atoms with E-state index in [0.29, 0.717) is 25.2 Å². The molecule has 4 rings (SSSR count). The lowest BCUT2D eigenvalue weighted by molar-refractivity contribution is -0.132. The van der Waals surface area contributed by atoms with Crippen LogP contribution in [-0.2, 0) is 4.79 Å². The summed E-state index contributed by atoms with van der Waals surface area (Å²) in [6.45, 7) is 0.945. The minimum absolute atomic E-state index is 0.0291. The smallest absolute Gasteiger partial charge is 0.345 e. The molecule has 0 aliphatic carbocycles. The van der Waals surface area contributed by atoms with Gasteiger partial charge in [-0.25, -0.2) is 14.2 Å². The van der Waals surface area contributed by atoms with E-state index in [4.69, 9.17) is 0 Å². The van der Waals surface area contributed by atoms with Crippen LogP contribution in [-0.4, -0.2) is 58.2 Å². The first-order valence-electron chi connectivity index (χ1n) is 8.71. The standard InChI is InChI=1S/C19H18FN3O4/c1-23(22-7-3-4-11(24)9-22)10-13(19(26)27)18(25)16-12-5-2-6-14(20)17(12)21-8-15(16)23/h2,5-6,8,10-11,24H,3-4,7,9H2,1H3/p+1. The third-order valence-corrected chi connectivity index (χ3v) is 5.36. The van der Waals surface area contributed by atoms with E-state index in [1.54, 1.807) is 13.1 Å². The molecule has 140 valence electrons. The van der Waals surface area contributed by atoms with Crippen LogP contribution in [0, 0.1) is 5.82 Å². The number of carbonyl (C=O) groups is 2. The van der Waals surface area contributed by atoms with E-state index in [9.17, 15) is 24.2 Å². The van der Waals surface area contributed by atoms with Crippen LogP contribution in [0.2, 0.25) is 0 Å². The fourth-order valence-electron chi connectivity index (χ4n) is 3.97. The number of aliphatic hydroxyl groups excluding tert-OH is 1. The van der Waals surface area contributed by atoms with Crippen molar-refractivity contribution in [2.75, 3.05) is 20.1 Å². The molecule has 0 bridgehead atoms. The zero-order chi connectivity index (χ0) is 19.3. The second-order valence-electron chi connectivity index (χ2n) is 7.07. The number of nitrogens with zero attached hydrogens (tertiary/aromatic N) is 3. The molecule has 2 unspecified atom stereocenters. The summed E-state index contributed by atoms with van der Waals surface area (Å²) in [5.41, 5.74) is 0.266. The average Bonchev–Trinajstić information content (AvgIpc) is 2.64. The molecule has 2 aromatic rings. The summed E-state index contributed by atoms with van der Waals surface area (Å²) in [4.78, 5) is 28.9. The molecule has 8 heteroatoms. The van der Waals surface area contributed by atoms with Crippen LogP contribution >= 0.6 is 0 Å². The van der Waals surface area contributed by atoms with E-state index in [1.165, 1.54) is 24.5 Å². The van der Waals surface area contributed by atoms with E-state index >= 15 is 0 Å². The molecule has 3 heterocycles. The van der Waals surface area contributed by atoms with Gasteiger partial charge in [0, 0.05) is 11.9 Å². The van der Waals surface area contributed by atoms with Crippen LogP contribution in [0.3, 0.4) is 0 Å². The summed E-state index contributed by atoms with van der Waals surface area (Å²) < 4.78 is 14.1. The largest absolute Gasteiger partial charge is 0.477 e. The van der Waals surface area contributed by atoms with Crippen LogP contribution < -0.4 is 4.59 Å². The van der Waals surface area contributed by atoms with Gasteiger partial charge >= 0.3 is 5.97 Å². The number of fused-ring (bicyclic) bond motifs is 3. The molecule has 1 saturated heterocycles. The molecule has 2 aliphatic heterocycles. The molecule has 2 aliphatic rings. The highest BCUT2D eigenvalue weighted by Gasteiger charge is 2.46. The lowest BCUT2D eigenvalue weighted by Crippen LogP contribution is -2.61. The number of hydrogen-bond donors (Lipinski definition) is 2. The van der Waals surface area contributed by atoms with Gasteiger partial charge in [-0.3, -0.25) is 4.79 Å². The first-order valence-corrected chi connectivity index (χ1v) is 8.71. The number of aliphatic hydroxyl groups is 1. The Kier molecular flexibility index (Phi) is 4.06.